The summed E-state index contributed by atoms with van der Waals surface area (Å²) in [4.78, 5) is 0. The van der Waals surface area contributed by atoms with Crippen molar-refractivity contribution in [1.82, 2.24) is 0 Å². The van der Waals surface area contributed by atoms with Gasteiger partial charge in [-0.15, -0.1) is 0 Å². The molecule has 0 aliphatic rings. The van der Waals surface area contributed by atoms with Crippen LogP contribution in [0.3, 0.4) is 0 Å². The van der Waals surface area contributed by atoms with Crippen molar-refractivity contribution >= 4 is 11.1 Å². The molecule has 0 saturated carbocycles. The van der Waals surface area contributed by atoms with E-state index in [2.05, 4.69) is 6.58 Å². The molecule has 0 saturated heterocycles. The average molecular weight is 167 g/mol. The Balaban J connectivity index is 0. The second-order valence-corrected chi connectivity index (χ2v) is 2.49. The van der Waals surface area contributed by atoms with E-state index < -0.39 is 11.1 Å². The van der Waals surface area contributed by atoms with Gasteiger partial charge < -0.3 is 4.55 Å². The van der Waals surface area contributed by atoms with Gasteiger partial charge in [0.15, 0.2) is 0 Å². The minimum Gasteiger partial charge on any atom is -0.772 e. The van der Waals surface area contributed by atoms with Crippen LogP contribution in [0.2, 0.25) is 0 Å². The van der Waals surface area contributed by atoms with E-state index in [-0.39, 0.29) is 41.7 Å². The van der Waals surface area contributed by atoms with Gasteiger partial charge in [-0.25, -0.2) is 0 Å². The van der Waals surface area contributed by atoms with Gasteiger partial charge in [-0.3, -0.25) is 4.21 Å². The Morgan fingerprint density at radius 1 is 1.80 bits per heavy atom. The summed E-state index contributed by atoms with van der Waals surface area (Å²) in [6, 6.07) is 1.75. The molecule has 0 aromatic rings. The van der Waals surface area contributed by atoms with Gasteiger partial charge in [0.05, 0.1) is 6.07 Å². The van der Waals surface area contributed by atoms with Crippen molar-refractivity contribution in [3.63, 3.8) is 0 Å². The van der Waals surface area contributed by atoms with E-state index in [1.807, 2.05) is 0 Å². The first-order valence-electron chi connectivity index (χ1n) is 2.30. The first-order valence-corrected chi connectivity index (χ1v) is 3.55. The molecule has 0 spiro atoms. The number of hydrogen-bond donors (Lipinski definition) is 0. The van der Waals surface area contributed by atoms with Crippen LogP contribution in [0.1, 0.15) is 6.42 Å². The van der Waals surface area contributed by atoms with Crippen LogP contribution in [0.4, 0.5) is 0 Å². The van der Waals surface area contributed by atoms with Crippen LogP contribution >= 0.6 is 0 Å². The number of nitrogens with zero attached hydrogens (tertiary/aromatic N) is 1. The van der Waals surface area contributed by atoms with Gasteiger partial charge in [-0.05, 0) is 6.42 Å². The van der Waals surface area contributed by atoms with E-state index in [1.54, 1.807) is 6.07 Å². The fourth-order valence-electron chi connectivity index (χ4n) is 0.262. The normalized spacial score (nSPS) is 10.8. The summed E-state index contributed by atoms with van der Waals surface area (Å²) in [5.74, 6) is -0.00755. The average Bonchev–Trinajstić information content (AvgIpc) is 1.83. The maximum absolute atomic E-state index is 9.87. The molecule has 0 amide bonds. The van der Waals surface area contributed by atoms with Gasteiger partial charge >= 0.3 is 29.6 Å². The molecule has 50 valence electrons. The molecule has 0 rings (SSSR count). The SMILES string of the molecule is C=C(C#N)CCS(=O)[O-].[Na+]. The summed E-state index contributed by atoms with van der Waals surface area (Å²) < 4.78 is 19.7. The largest absolute Gasteiger partial charge is 1.00 e. The maximum Gasteiger partial charge on any atom is 1.00 e. The van der Waals surface area contributed by atoms with Crippen LogP contribution in [-0.4, -0.2) is 14.5 Å². The minimum absolute atomic E-state index is 0. The Labute approximate surface area is 84.7 Å². The van der Waals surface area contributed by atoms with Crippen molar-refractivity contribution in [3.8, 4) is 6.07 Å². The summed E-state index contributed by atoms with van der Waals surface area (Å²) >= 11 is -2.05. The molecule has 10 heavy (non-hydrogen) atoms. The molecule has 3 nitrogen and oxygen atoms in total. The summed E-state index contributed by atoms with van der Waals surface area (Å²) in [5.41, 5.74) is 0.305. The third-order valence-corrected chi connectivity index (χ3v) is 1.27. The fraction of sp³-hybridized carbons (Fsp3) is 0.400. The van der Waals surface area contributed by atoms with Crippen LogP contribution in [0.25, 0.3) is 0 Å². The van der Waals surface area contributed by atoms with Crippen LogP contribution in [0.5, 0.6) is 0 Å². The molecular formula is C5H6NNaO2S. The first kappa shape index (κ1) is 13.0. The van der Waals surface area contributed by atoms with Gasteiger partial charge in [0.25, 0.3) is 0 Å². The van der Waals surface area contributed by atoms with Crippen molar-refractivity contribution < 1.29 is 38.3 Å². The predicted molar refractivity (Wildman–Crippen MR) is 33.2 cm³/mol. The topological polar surface area (TPSA) is 63.9 Å². The first-order chi connectivity index (χ1) is 4.16. The Kier molecular flexibility index (Phi) is 9.66. The second kappa shape index (κ2) is 7.45. The molecule has 0 aromatic heterocycles. The molecule has 0 aromatic carbocycles. The molecule has 1 atom stereocenters. The second-order valence-electron chi connectivity index (χ2n) is 1.47. The summed E-state index contributed by atoms with van der Waals surface area (Å²) in [5, 5.41) is 8.10. The number of rotatable bonds is 3. The Bertz CT molecular complexity index is 175. The van der Waals surface area contributed by atoms with E-state index in [0.29, 0.717) is 5.57 Å². The van der Waals surface area contributed by atoms with E-state index in [4.69, 9.17) is 5.26 Å². The monoisotopic (exact) mass is 167 g/mol. The summed E-state index contributed by atoms with van der Waals surface area (Å²) in [7, 11) is 0. The molecule has 5 heteroatoms. The molecule has 0 N–H and O–H groups in total. The van der Waals surface area contributed by atoms with Crippen molar-refractivity contribution in [2.45, 2.75) is 6.42 Å². The van der Waals surface area contributed by atoms with Gasteiger partial charge in [-0.1, -0.05) is 17.7 Å². The summed E-state index contributed by atoms with van der Waals surface area (Å²) in [6.45, 7) is 3.31. The Morgan fingerprint density at radius 2 is 2.30 bits per heavy atom. The molecule has 1 unspecified atom stereocenters. The predicted octanol–water partition coefficient (Wildman–Crippen LogP) is -2.66. The molecule has 0 heterocycles. The zero-order chi connectivity index (χ0) is 7.28. The third kappa shape index (κ3) is 8.34. The quantitative estimate of drug-likeness (QED) is 0.262. The van der Waals surface area contributed by atoms with E-state index in [9.17, 15) is 8.76 Å². The zero-order valence-electron chi connectivity index (χ0n) is 5.79. The third-order valence-electron chi connectivity index (χ3n) is 0.729. The molecule has 0 aliphatic heterocycles. The molecule has 0 bridgehead atoms. The van der Waals surface area contributed by atoms with Gasteiger partial charge in [0.1, 0.15) is 0 Å². The maximum atomic E-state index is 9.87. The van der Waals surface area contributed by atoms with E-state index in [0.717, 1.165) is 0 Å². The fourth-order valence-corrected chi connectivity index (χ4v) is 0.676. The van der Waals surface area contributed by atoms with Crippen molar-refractivity contribution in [3.05, 3.63) is 12.2 Å². The molecular weight excluding hydrogens is 161 g/mol. The van der Waals surface area contributed by atoms with Gasteiger partial charge in [0, 0.05) is 11.3 Å². The number of hydrogen-bond acceptors (Lipinski definition) is 3. The van der Waals surface area contributed by atoms with Crippen LogP contribution in [0, 0.1) is 11.3 Å². The van der Waals surface area contributed by atoms with Gasteiger partial charge in [-0.2, -0.15) is 5.26 Å². The minimum atomic E-state index is -2.05. The molecule has 0 aliphatic carbocycles. The Hall–Kier alpha value is 0.340. The van der Waals surface area contributed by atoms with Crippen molar-refractivity contribution in [1.29, 1.82) is 5.26 Å². The standard InChI is InChI=1S/C5H7NO2S.Na/c1-5(4-6)2-3-9(7)8;/h1-3H2,(H,7,8);/q;+1/p-1. The molecule has 0 radical (unpaired) electrons. The zero-order valence-corrected chi connectivity index (χ0v) is 8.61. The van der Waals surface area contributed by atoms with E-state index >= 15 is 0 Å². The van der Waals surface area contributed by atoms with Gasteiger partial charge in [0.2, 0.25) is 0 Å². The number of nitriles is 1. The molecule has 0 fully saturated rings. The van der Waals surface area contributed by atoms with Crippen molar-refractivity contribution in [2.24, 2.45) is 0 Å². The van der Waals surface area contributed by atoms with Crippen LogP contribution in [0.15, 0.2) is 12.2 Å². The van der Waals surface area contributed by atoms with Crippen molar-refractivity contribution in [2.75, 3.05) is 5.75 Å². The van der Waals surface area contributed by atoms with Crippen LogP contribution in [-0.2, 0) is 11.1 Å². The smallest absolute Gasteiger partial charge is 0.772 e. The summed E-state index contributed by atoms with van der Waals surface area (Å²) in [6.07, 6.45) is 0.243. The Morgan fingerprint density at radius 3 is 2.60 bits per heavy atom. The van der Waals surface area contributed by atoms with E-state index in [1.165, 1.54) is 0 Å². The van der Waals surface area contributed by atoms with Crippen LogP contribution < -0.4 is 29.6 Å². The number of allylic oxidation sites excluding steroid dienone is 1.